The molecule has 0 saturated carbocycles. The van der Waals surface area contributed by atoms with Crippen LogP contribution in [0.4, 0.5) is 4.79 Å². The van der Waals surface area contributed by atoms with E-state index in [9.17, 15) is 23.8 Å². The van der Waals surface area contributed by atoms with Crippen molar-refractivity contribution >= 4 is 25.9 Å². The molecule has 2 atom stereocenters. The molecule has 0 radical (unpaired) electrons. The predicted octanol–water partition coefficient (Wildman–Crippen LogP) is 7.23. The average Bonchev–Trinajstić information content (AvgIpc) is 3.06. The second-order valence-electron chi connectivity index (χ2n) is 13.8. The minimum atomic E-state index is -4.70. The number of amides is 1. The summed E-state index contributed by atoms with van der Waals surface area (Å²) in [5.74, 6) is -1.21. The Hall–Kier alpha value is -2.50. The number of benzene rings is 1. The van der Waals surface area contributed by atoms with Gasteiger partial charge in [0.05, 0.1) is 34.2 Å². The van der Waals surface area contributed by atoms with E-state index in [0.29, 0.717) is 17.4 Å². The molecule has 1 amide bonds. The van der Waals surface area contributed by atoms with E-state index < -0.39 is 38.6 Å². The van der Waals surface area contributed by atoms with Crippen LogP contribution in [-0.2, 0) is 44.0 Å². The third-order valence-electron chi connectivity index (χ3n) is 7.95. The Morgan fingerprint density at radius 1 is 0.740 bits per heavy atom. The van der Waals surface area contributed by atoms with Gasteiger partial charge in [-0.1, -0.05) is 127 Å². The lowest BCUT2D eigenvalue weighted by atomic mass is 10.0. The molecule has 1 unspecified atom stereocenters. The highest BCUT2D eigenvalue weighted by molar-refractivity contribution is 7.45. The van der Waals surface area contributed by atoms with Crippen LogP contribution in [0, 0.1) is 0 Å². The predicted molar refractivity (Wildman–Crippen MR) is 192 cm³/mol. The number of phosphoric acid groups is 1. The normalized spacial score (nSPS) is 13.3. The quantitative estimate of drug-likeness (QED) is 0.0273. The Bertz CT molecular complexity index is 1080. The molecule has 0 spiro atoms. The van der Waals surface area contributed by atoms with Gasteiger partial charge >= 0.3 is 18.0 Å². The number of carbonyl (C=O) groups is 3. The van der Waals surface area contributed by atoms with Crippen LogP contribution in [0.25, 0.3) is 0 Å². The first-order chi connectivity index (χ1) is 23.9. The number of alkyl carbamates (subject to hydrolysis) is 1. The zero-order valence-electron chi connectivity index (χ0n) is 31.2. The molecule has 0 aromatic heterocycles. The van der Waals surface area contributed by atoms with Gasteiger partial charge in [0.25, 0.3) is 7.82 Å². The van der Waals surface area contributed by atoms with Crippen LogP contribution < -0.4 is 10.2 Å². The maximum Gasteiger partial charge on any atom is 0.407 e. The Labute approximate surface area is 301 Å². The number of nitrogens with zero attached hydrogens (tertiary/aromatic N) is 1. The van der Waals surface area contributed by atoms with Gasteiger partial charge in [-0.2, -0.15) is 0 Å². The molecule has 1 aromatic carbocycles. The Morgan fingerprint density at radius 3 is 1.86 bits per heavy atom. The third-order valence-corrected chi connectivity index (χ3v) is 8.92. The van der Waals surface area contributed by atoms with Crippen LogP contribution in [0.15, 0.2) is 30.3 Å². The van der Waals surface area contributed by atoms with Crippen molar-refractivity contribution in [1.82, 2.24) is 5.32 Å². The second kappa shape index (κ2) is 28.1. The van der Waals surface area contributed by atoms with Crippen LogP contribution in [0.2, 0.25) is 0 Å². The molecule has 288 valence electrons. The summed E-state index contributed by atoms with van der Waals surface area (Å²) < 4.78 is 38.4. The standard InChI is InChI=1S/C37H65N2O10P/c1-5-6-7-8-9-10-11-12-13-14-15-16-17-18-22-25-35(40)45-31-34(32-48-50(43,44)47-29-28-39(2,3)4)49-36(41)26-27-38-37(42)46-30-33-23-20-19-21-24-33/h19-21,23-24,34H,5-18,22,25-32H2,1-4H3,(H-,38,42,43,44)/t34-/m1/s1. The van der Waals surface area contributed by atoms with Crippen molar-refractivity contribution in [2.75, 3.05) is 54.1 Å². The SMILES string of the molecule is CCCCCCCCCCCCCCCCCC(=O)OC[C@H](COP(=O)([O-])OCC[N+](C)(C)C)OC(=O)CCNC(=O)OCc1ccccc1. The van der Waals surface area contributed by atoms with Gasteiger partial charge in [-0.15, -0.1) is 0 Å². The lowest BCUT2D eigenvalue weighted by Crippen LogP contribution is -2.37. The molecular weight excluding hydrogens is 663 g/mol. The molecule has 0 aliphatic heterocycles. The zero-order chi connectivity index (χ0) is 36.9. The van der Waals surface area contributed by atoms with Gasteiger partial charge in [-0.25, -0.2) is 4.79 Å². The highest BCUT2D eigenvalue weighted by Crippen LogP contribution is 2.38. The molecule has 1 rings (SSSR count). The average molecular weight is 729 g/mol. The number of quaternary nitrogens is 1. The van der Waals surface area contributed by atoms with Gasteiger partial charge in [0, 0.05) is 13.0 Å². The Kier molecular flexibility index (Phi) is 25.6. The second-order valence-corrected chi connectivity index (χ2v) is 15.2. The first-order valence-corrected chi connectivity index (χ1v) is 20.1. The maximum atomic E-state index is 12.5. The largest absolute Gasteiger partial charge is 0.756 e. The van der Waals surface area contributed by atoms with Crippen LogP contribution in [0.3, 0.4) is 0 Å². The summed E-state index contributed by atoms with van der Waals surface area (Å²) in [5.41, 5.74) is 0.816. The van der Waals surface area contributed by atoms with E-state index in [1.807, 2.05) is 51.5 Å². The van der Waals surface area contributed by atoms with Gasteiger partial charge in [0.15, 0.2) is 6.10 Å². The number of unbranched alkanes of at least 4 members (excludes halogenated alkanes) is 14. The zero-order valence-corrected chi connectivity index (χ0v) is 32.1. The summed E-state index contributed by atoms with van der Waals surface area (Å²) in [6.45, 7) is 1.61. The fourth-order valence-electron chi connectivity index (χ4n) is 4.94. The van der Waals surface area contributed by atoms with E-state index in [1.165, 1.54) is 70.6 Å². The number of nitrogens with one attached hydrogen (secondary N) is 1. The van der Waals surface area contributed by atoms with Gasteiger partial charge in [0.1, 0.15) is 26.4 Å². The van der Waals surface area contributed by atoms with Crippen molar-refractivity contribution in [3.8, 4) is 0 Å². The number of ether oxygens (including phenoxy) is 3. The summed E-state index contributed by atoms with van der Waals surface area (Å²) in [6.07, 6.45) is 16.4. The van der Waals surface area contributed by atoms with Crippen molar-refractivity contribution in [1.29, 1.82) is 0 Å². The van der Waals surface area contributed by atoms with Crippen LogP contribution in [0.1, 0.15) is 122 Å². The van der Waals surface area contributed by atoms with Crippen LogP contribution >= 0.6 is 7.82 Å². The number of rotatable bonds is 31. The summed E-state index contributed by atoms with van der Waals surface area (Å²) in [7, 11) is 0.967. The summed E-state index contributed by atoms with van der Waals surface area (Å²) >= 11 is 0. The lowest BCUT2D eigenvalue weighted by molar-refractivity contribution is -0.870. The summed E-state index contributed by atoms with van der Waals surface area (Å²) in [5, 5.41) is 2.47. The summed E-state index contributed by atoms with van der Waals surface area (Å²) in [4.78, 5) is 49.2. The van der Waals surface area contributed by atoms with Crippen molar-refractivity contribution in [3.05, 3.63) is 35.9 Å². The first-order valence-electron chi connectivity index (χ1n) is 18.6. The minimum absolute atomic E-state index is 0.0762. The topological polar surface area (TPSA) is 150 Å². The molecule has 0 aliphatic rings. The maximum absolute atomic E-state index is 12.5. The first kappa shape index (κ1) is 45.5. The van der Waals surface area contributed by atoms with Gasteiger partial charge < -0.3 is 38.0 Å². The van der Waals surface area contributed by atoms with Gasteiger partial charge in [-0.3, -0.25) is 14.2 Å². The Morgan fingerprint density at radius 2 is 1.30 bits per heavy atom. The van der Waals surface area contributed by atoms with E-state index in [-0.39, 0.29) is 39.2 Å². The number of hydrogen-bond acceptors (Lipinski definition) is 10. The minimum Gasteiger partial charge on any atom is -0.756 e. The highest BCUT2D eigenvalue weighted by Gasteiger charge is 2.22. The van der Waals surface area contributed by atoms with Crippen molar-refractivity contribution in [2.45, 2.75) is 129 Å². The number of carbonyl (C=O) groups excluding carboxylic acids is 3. The molecule has 0 aliphatic carbocycles. The van der Waals surface area contributed by atoms with Crippen LogP contribution in [-0.4, -0.2) is 82.7 Å². The number of hydrogen-bond donors (Lipinski definition) is 1. The molecule has 1 N–H and O–H groups in total. The molecule has 50 heavy (non-hydrogen) atoms. The fourth-order valence-corrected chi connectivity index (χ4v) is 5.67. The molecule has 0 fully saturated rings. The monoisotopic (exact) mass is 728 g/mol. The number of phosphoric ester groups is 1. The number of esters is 2. The smallest absolute Gasteiger partial charge is 0.407 e. The van der Waals surface area contributed by atoms with Crippen molar-refractivity contribution in [2.24, 2.45) is 0 Å². The van der Waals surface area contributed by atoms with E-state index >= 15 is 0 Å². The molecule has 1 aromatic rings. The van der Waals surface area contributed by atoms with Crippen LogP contribution in [0.5, 0.6) is 0 Å². The molecular formula is C37H65N2O10P. The fraction of sp³-hybridized carbons (Fsp3) is 0.757. The lowest BCUT2D eigenvalue weighted by Gasteiger charge is -2.28. The summed E-state index contributed by atoms with van der Waals surface area (Å²) in [6, 6.07) is 9.14. The van der Waals surface area contributed by atoms with Crippen molar-refractivity contribution < 1.29 is 51.6 Å². The number of likely N-dealkylation sites (N-methyl/N-ethyl adjacent to an activating group) is 1. The molecule has 13 heteroatoms. The van der Waals surface area contributed by atoms with E-state index in [0.717, 1.165) is 24.8 Å². The van der Waals surface area contributed by atoms with Gasteiger partial charge in [0.2, 0.25) is 0 Å². The van der Waals surface area contributed by atoms with E-state index in [4.69, 9.17) is 23.3 Å². The van der Waals surface area contributed by atoms with Gasteiger partial charge in [-0.05, 0) is 12.0 Å². The van der Waals surface area contributed by atoms with Crippen molar-refractivity contribution in [3.63, 3.8) is 0 Å². The Balaban J connectivity index is 2.35. The molecule has 0 saturated heterocycles. The molecule has 0 bridgehead atoms. The third kappa shape index (κ3) is 28.2. The highest BCUT2D eigenvalue weighted by atomic mass is 31.2. The molecule has 0 heterocycles. The van der Waals surface area contributed by atoms with E-state index in [1.54, 1.807) is 0 Å². The molecule has 12 nitrogen and oxygen atoms in total. The van der Waals surface area contributed by atoms with E-state index in [2.05, 4.69) is 12.2 Å².